The molecule has 3 heterocycles. The van der Waals surface area contributed by atoms with Gasteiger partial charge in [-0.25, -0.2) is 0 Å². The van der Waals surface area contributed by atoms with Crippen LogP contribution in [-0.2, 0) is 5.41 Å². The Morgan fingerprint density at radius 3 is 1.84 bits per heavy atom. The molecule has 0 unspecified atom stereocenters. The summed E-state index contributed by atoms with van der Waals surface area (Å²) in [5.74, 6) is 0. The summed E-state index contributed by atoms with van der Waals surface area (Å²) in [6.45, 7) is 4.89. The lowest BCUT2D eigenvalue weighted by Gasteiger charge is -2.44. The van der Waals surface area contributed by atoms with Gasteiger partial charge < -0.3 is 9.80 Å². The van der Waals surface area contributed by atoms with Crippen molar-refractivity contribution in [2.45, 2.75) is 19.3 Å². The van der Waals surface area contributed by atoms with Crippen LogP contribution in [-0.4, -0.2) is 6.71 Å². The van der Waals surface area contributed by atoms with Crippen molar-refractivity contribution in [1.29, 1.82) is 0 Å². The molecule has 0 N–H and O–H groups in total. The van der Waals surface area contributed by atoms with E-state index in [1.807, 2.05) is 11.3 Å². The van der Waals surface area contributed by atoms with Gasteiger partial charge in [0.1, 0.15) is 0 Å². The maximum atomic E-state index is 2.57. The van der Waals surface area contributed by atoms with E-state index < -0.39 is 0 Å². The van der Waals surface area contributed by atoms with Gasteiger partial charge in [0.15, 0.2) is 0 Å². The molecule has 8 aromatic carbocycles. The van der Waals surface area contributed by atoms with Crippen molar-refractivity contribution in [2.75, 3.05) is 9.80 Å². The van der Waals surface area contributed by atoms with E-state index in [1.54, 1.807) is 0 Å². The van der Waals surface area contributed by atoms with Gasteiger partial charge in [-0.1, -0.05) is 141 Å². The van der Waals surface area contributed by atoms with Crippen molar-refractivity contribution in [3.63, 3.8) is 0 Å². The summed E-state index contributed by atoms with van der Waals surface area (Å²) in [4.78, 5) is 5.06. The Balaban J connectivity index is 1.05. The average Bonchev–Trinajstić information content (AvgIpc) is 3.73. The second-order valence-corrected chi connectivity index (χ2v) is 16.7. The molecule has 3 aliphatic rings. The molecule has 2 aliphatic heterocycles. The minimum Gasteiger partial charge on any atom is -0.311 e. The standard InChI is InChI=1S/C51H35BN2S/c1-51(2)39-19-5-3-14-35(39)37-17-12-24-44(48(37)51)54-43-23-9-7-21-41(43)52-40-20-6-8-22-42(40)53(45-25-13-26-46(54)49(45)52)33-30-28-32(29-31-33)34-16-11-18-38-36-15-4-10-27-47(36)55-50(34)38/h3-31H,1-2H3. The minimum absolute atomic E-state index is 0.109. The van der Waals surface area contributed by atoms with Crippen molar-refractivity contribution < 1.29 is 0 Å². The normalized spacial score (nSPS) is 14.4. The van der Waals surface area contributed by atoms with E-state index in [9.17, 15) is 0 Å². The lowest BCUT2D eigenvalue weighted by atomic mass is 9.33. The van der Waals surface area contributed by atoms with Gasteiger partial charge >= 0.3 is 0 Å². The topological polar surface area (TPSA) is 6.48 Å². The Bertz CT molecular complexity index is 3050. The highest BCUT2D eigenvalue weighted by Crippen LogP contribution is 2.55. The van der Waals surface area contributed by atoms with Crippen LogP contribution in [0.4, 0.5) is 34.1 Å². The van der Waals surface area contributed by atoms with Gasteiger partial charge in [0.25, 0.3) is 6.71 Å². The van der Waals surface area contributed by atoms with Crippen LogP contribution in [0.1, 0.15) is 25.0 Å². The molecule has 0 bridgehead atoms. The van der Waals surface area contributed by atoms with Crippen LogP contribution in [0.2, 0.25) is 0 Å². The highest BCUT2D eigenvalue weighted by atomic mass is 32.1. The third kappa shape index (κ3) is 4.20. The number of rotatable bonds is 3. The second-order valence-electron chi connectivity index (χ2n) is 15.6. The first kappa shape index (κ1) is 31.0. The van der Waals surface area contributed by atoms with Crippen LogP contribution in [0.15, 0.2) is 176 Å². The fourth-order valence-corrected chi connectivity index (χ4v) is 11.4. The zero-order valence-corrected chi connectivity index (χ0v) is 31.4. The molecule has 1 aromatic heterocycles. The Hall–Kier alpha value is -6.36. The van der Waals surface area contributed by atoms with Gasteiger partial charge in [0.2, 0.25) is 0 Å². The first-order valence-corrected chi connectivity index (χ1v) is 20.0. The third-order valence-electron chi connectivity index (χ3n) is 12.4. The molecule has 0 spiro atoms. The van der Waals surface area contributed by atoms with Crippen LogP contribution < -0.4 is 26.2 Å². The molecule has 0 amide bonds. The molecular formula is C51H35BN2S. The number of nitrogens with zero attached hydrogens (tertiary/aromatic N) is 2. The second kappa shape index (κ2) is 11.3. The van der Waals surface area contributed by atoms with Crippen molar-refractivity contribution >= 4 is 88.7 Å². The largest absolute Gasteiger partial charge is 0.311 e. The van der Waals surface area contributed by atoms with Crippen molar-refractivity contribution in [3.8, 4) is 22.3 Å². The summed E-state index contributed by atoms with van der Waals surface area (Å²) < 4.78 is 2.68. The molecular weight excluding hydrogens is 683 g/mol. The van der Waals surface area contributed by atoms with E-state index in [0.29, 0.717) is 0 Å². The number of thiophene rings is 1. The summed E-state index contributed by atoms with van der Waals surface area (Å²) in [5, 5.41) is 2.66. The number of hydrogen-bond donors (Lipinski definition) is 0. The average molecular weight is 719 g/mol. The maximum absolute atomic E-state index is 2.57. The Labute approximate surface area is 325 Å². The number of fused-ring (bicyclic) bond motifs is 10. The van der Waals surface area contributed by atoms with E-state index in [4.69, 9.17) is 0 Å². The maximum Gasteiger partial charge on any atom is 0.252 e. The lowest BCUT2D eigenvalue weighted by molar-refractivity contribution is 0.661. The van der Waals surface area contributed by atoms with Crippen molar-refractivity contribution in [3.05, 3.63) is 187 Å². The van der Waals surface area contributed by atoms with Crippen molar-refractivity contribution in [2.24, 2.45) is 0 Å². The number of hydrogen-bond acceptors (Lipinski definition) is 3. The van der Waals surface area contributed by atoms with Gasteiger partial charge in [-0.2, -0.15) is 0 Å². The Kier molecular flexibility index (Phi) is 6.40. The Morgan fingerprint density at radius 2 is 1.02 bits per heavy atom. The van der Waals surface area contributed by atoms with Gasteiger partial charge in [-0.3, -0.25) is 0 Å². The molecule has 12 rings (SSSR count). The van der Waals surface area contributed by atoms with E-state index >= 15 is 0 Å². The van der Waals surface area contributed by atoms with Crippen LogP contribution >= 0.6 is 11.3 Å². The van der Waals surface area contributed by atoms with Gasteiger partial charge in [-0.05, 0) is 98.3 Å². The van der Waals surface area contributed by atoms with Gasteiger partial charge in [0, 0.05) is 54.0 Å². The zero-order chi connectivity index (χ0) is 36.4. The van der Waals surface area contributed by atoms with E-state index in [2.05, 4.69) is 200 Å². The third-order valence-corrected chi connectivity index (χ3v) is 13.7. The molecule has 9 aromatic rings. The predicted octanol–water partition coefficient (Wildman–Crippen LogP) is 12.1. The zero-order valence-electron chi connectivity index (χ0n) is 30.6. The van der Waals surface area contributed by atoms with E-state index in [0.717, 1.165) is 5.69 Å². The van der Waals surface area contributed by atoms with Crippen LogP contribution in [0.3, 0.4) is 0 Å². The summed E-state index contributed by atoms with van der Waals surface area (Å²) in [6.07, 6.45) is 0. The molecule has 55 heavy (non-hydrogen) atoms. The molecule has 0 saturated carbocycles. The number of para-hydroxylation sites is 2. The molecule has 0 radical (unpaired) electrons. The van der Waals surface area contributed by atoms with E-state index in [-0.39, 0.29) is 12.1 Å². The highest BCUT2D eigenvalue weighted by molar-refractivity contribution is 7.26. The van der Waals surface area contributed by atoms with Gasteiger partial charge in [0.05, 0.1) is 5.69 Å². The van der Waals surface area contributed by atoms with E-state index in [1.165, 1.54) is 98.4 Å². The first-order chi connectivity index (χ1) is 27.1. The number of anilines is 6. The highest BCUT2D eigenvalue weighted by Gasteiger charge is 2.45. The summed E-state index contributed by atoms with van der Waals surface area (Å²) >= 11 is 1.89. The predicted molar refractivity (Wildman–Crippen MR) is 236 cm³/mol. The fourth-order valence-electron chi connectivity index (χ4n) is 10.1. The van der Waals surface area contributed by atoms with Gasteiger partial charge in [-0.15, -0.1) is 11.3 Å². The molecule has 0 saturated heterocycles. The summed E-state index contributed by atoms with van der Waals surface area (Å²) in [5.41, 5.74) is 19.2. The molecule has 0 fully saturated rings. The fraction of sp³-hybridized carbons (Fsp3) is 0.0588. The lowest BCUT2D eigenvalue weighted by Crippen LogP contribution is -2.61. The quantitative estimate of drug-likeness (QED) is 0.168. The molecule has 2 nitrogen and oxygen atoms in total. The van der Waals surface area contributed by atoms with Crippen LogP contribution in [0, 0.1) is 0 Å². The minimum atomic E-state index is -0.149. The van der Waals surface area contributed by atoms with Crippen LogP contribution in [0.25, 0.3) is 42.4 Å². The SMILES string of the molecule is CC1(C)c2ccccc2-c2cccc(N3c4ccccc4B4c5ccccc5N(c5ccc(-c6cccc7c6sc6ccccc67)cc5)c5cccc3c54)c21. The molecule has 1 aliphatic carbocycles. The molecule has 4 heteroatoms. The van der Waals surface area contributed by atoms with Crippen LogP contribution in [0.5, 0.6) is 0 Å². The molecule has 0 atom stereocenters. The summed E-state index contributed by atoms with van der Waals surface area (Å²) in [6, 6.07) is 65.7. The first-order valence-electron chi connectivity index (χ1n) is 19.2. The van der Waals surface area contributed by atoms with Crippen molar-refractivity contribution in [1.82, 2.24) is 0 Å². The number of benzene rings is 8. The smallest absolute Gasteiger partial charge is 0.252 e. The Morgan fingerprint density at radius 1 is 0.455 bits per heavy atom. The monoisotopic (exact) mass is 718 g/mol. The summed E-state index contributed by atoms with van der Waals surface area (Å²) in [7, 11) is 0. The molecule has 258 valence electrons.